The van der Waals surface area contributed by atoms with E-state index < -0.39 is 17.5 Å². The fourth-order valence-electron chi connectivity index (χ4n) is 2.00. The minimum absolute atomic E-state index is 0.0557. The van der Waals surface area contributed by atoms with Crippen LogP contribution in [0.3, 0.4) is 0 Å². The van der Waals surface area contributed by atoms with Crippen molar-refractivity contribution in [1.82, 2.24) is 5.32 Å². The summed E-state index contributed by atoms with van der Waals surface area (Å²) in [5.41, 5.74) is 0.858. The largest absolute Gasteiger partial charge is 0.313 e. The highest BCUT2D eigenvalue weighted by molar-refractivity contribution is 5.65. The highest BCUT2D eigenvalue weighted by Crippen LogP contribution is 2.27. The summed E-state index contributed by atoms with van der Waals surface area (Å²) in [6, 6.07) is 7.50. The number of rotatable bonds is 5. The highest BCUT2D eigenvalue weighted by atomic mass is 19.1. The summed E-state index contributed by atoms with van der Waals surface area (Å²) in [6.45, 7) is 3.46. The van der Waals surface area contributed by atoms with Crippen LogP contribution in [0.5, 0.6) is 0 Å². The van der Waals surface area contributed by atoms with E-state index in [9.17, 15) is 13.2 Å². The lowest BCUT2D eigenvalue weighted by molar-refractivity contribution is 0.597. The minimum atomic E-state index is -0.635. The first-order chi connectivity index (χ1) is 9.61. The average Bonchev–Trinajstić information content (AvgIpc) is 2.44. The molecule has 0 amide bonds. The molecular weight excluding hydrogens is 263 g/mol. The monoisotopic (exact) mass is 279 g/mol. The summed E-state index contributed by atoms with van der Waals surface area (Å²) in [5.74, 6) is -1.78. The van der Waals surface area contributed by atoms with Crippen molar-refractivity contribution in [2.24, 2.45) is 0 Å². The van der Waals surface area contributed by atoms with Crippen LogP contribution >= 0.6 is 0 Å². The molecule has 2 rings (SSSR count). The van der Waals surface area contributed by atoms with E-state index in [1.165, 1.54) is 6.07 Å². The Morgan fingerprint density at radius 1 is 0.900 bits per heavy atom. The number of benzene rings is 2. The molecule has 0 atom stereocenters. The average molecular weight is 279 g/mol. The minimum Gasteiger partial charge on any atom is -0.313 e. The van der Waals surface area contributed by atoms with Gasteiger partial charge in [-0.15, -0.1) is 0 Å². The maximum absolute atomic E-state index is 13.8. The smallest absolute Gasteiger partial charge is 0.131 e. The Kier molecular flexibility index (Phi) is 4.79. The molecule has 0 fully saturated rings. The van der Waals surface area contributed by atoms with Crippen molar-refractivity contribution in [2.45, 2.75) is 19.9 Å². The Morgan fingerprint density at radius 3 is 2.25 bits per heavy atom. The van der Waals surface area contributed by atoms with Gasteiger partial charge in [-0.05, 0) is 48.9 Å². The Bertz CT molecular complexity index is 596. The van der Waals surface area contributed by atoms with Crippen LogP contribution in [0.15, 0.2) is 36.4 Å². The van der Waals surface area contributed by atoms with Crippen molar-refractivity contribution in [3.8, 4) is 11.1 Å². The predicted octanol–water partition coefficient (Wildman–Crippen LogP) is 4.27. The number of nitrogens with one attached hydrogen (secondary N) is 1. The summed E-state index contributed by atoms with van der Waals surface area (Å²) in [4.78, 5) is 0. The summed E-state index contributed by atoms with van der Waals surface area (Å²) >= 11 is 0. The van der Waals surface area contributed by atoms with E-state index in [2.05, 4.69) is 5.32 Å². The van der Waals surface area contributed by atoms with Crippen molar-refractivity contribution in [3.05, 3.63) is 59.4 Å². The fourth-order valence-corrected chi connectivity index (χ4v) is 2.00. The molecule has 0 aliphatic carbocycles. The molecule has 2 aromatic rings. The molecule has 2 aromatic carbocycles. The predicted molar refractivity (Wildman–Crippen MR) is 73.7 cm³/mol. The van der Waals surface area contributed by atoms with Gasteiger partial charge in [0.1, 0.15) is 17.5 Å². The van der Waals surface area contributed by atoms with Crippen LogP contribution < -0.4 is 5.32 Å². The van der Waals surface area contributed by atoms with Crippen molar-refractivity contribution in [3.63, 3.8) is 0 Å². The van der Waals surface area contributed by atoms with E-state index in [4.69, 9.17) is 0 Å². The second-order valence-electron chi connectivity index (χ2n) is 4.62. The first-order valence-corrected chi connectivity index (χ1v) is 6.56. The lowest BCUT2D eigenvalue weighted by atomic mass is 10.0. The van der Waals surface area contributed by atoms with Gasteiger partial charge in [-0.3, -0.25) is 0 Å². The second kappa shape index (κ2) is 6.57. The van der Waals surface area contributed by atoms with Crippen LogP contribution in [0.2, 0.25) is 0 Å². The zero-order chi connectivity index (χ0) is 14.5. The topological polar surface area (TPSA) is 12.0 Å². The van der Waals surface area contributed by atoms with Gasteiger partial charge in [-0.25, -0.2) is 13.2 Å². The van der Waals surface area contributed by atoms with Gasteiger partial charge in [-0.1, -0.05) is 13.0 Å². The van der Waals surface area contributed by atoms with Gasteiger partial charge in [0.25, 0.3) is 0 Å². The van der Waals surface area contributed by atoms with Crippen molar-refractivity contribution >= 4 is 0 Å². The summed E-state index contributed by atoms with van der Waals surface area (Å²) in [5, 5.41) is 3.19. The summed E-state index contributed by atoms with van der Waals surface area (Å²) in [7, 11) is 0. The van der Waals surface area contributed by atoms with E-state index >= 15 is 0 Å². The standard InChI is InChI=1S/C16H16F3N/c1-2-7-20-10-11-3-5-15(18)13(8-11)14-9-12(17)4-6-16(14)19/h3-6,8-9,20H,2,7,10H2,1H3. The maximum Gasteiger partial charge on any atom is 0.131 e. The van der Waals surface area contributed by atoms with Crippen molar-refractivity contribution in [2.75, 3.05) is 6.54 Å². The third-order valence-corrected chi connectivity index (χ3v) is 3.01. The first-order valence-electron chi connectivity index (χ1n) is 6.56. The zero-order valence-corrected chi connectivity index (χ0v) is 11.2. The van der Waals surface area contributed by atoms with Gasteiger partial charge in [0.15, 0.2) is 0 Å². The molecule has 20 heavy (non-hydrogen) atoms. The van der Waals surface area contributed by atoms with Crippen molar-refractivity contribution in [1.29, 1.82) is 0 Å². The fraction of sp³-hybridized carbons (Fsp3) is 0.250. The molecule has 106 valence electrons. The molecule has 0 bridgehead atoms. The molecule has 0 aliphatic rings. The van der Waals surface area contributed by atoms with Crippen LogP contribution in [-0.4, -0.2) is 6.54 Å². The van der Waals surface area contributed by atoms with E-state index in [-0.39, 0.29) is 11.1 Å². The van der Waals surface area contributed by atoms with Gasteiger partial charge >= 0.3 is 0 Å². The quantitative estimate of drug-likeness (QED) is 0.806. The summed E-state index contributed by atoms with van der Waals surface area (Å²) < 4.78 is 40.8. The summed E-state index contributed by atoms with van der Waals surface area (Å²) in [6.07, 6.45) is 0.993. The molecule has 0 heterocycles. The van der Waals surface area contributed by atoms with E-state index in [0.29, 0.717) is 6.54 Å². The van der Waals surface area contributed by atoms with Gasteiger partial charge in [0.05, 0.1) is 0 Å². The highest BCUT2D eigenvalue weighted by Gasteiger charge is 2.12. The zero-order valence-electron chi connectivity index (χ0n) is 11.2. The van der Waals surface area contributed by atoms with Gasteiger partial charge < -0.3 is 5.32 Å². The van der Waals surface area contributed by atoms with Gasteiger partial charge in [0.2, 0.25) is 0 Å². The van der Waals surface area contributed by atoms with Gasteiger partial charge in [-0.2, -0.15) is 0 Å². The van der Waals surface area contributed by atoms with E-state index in [1.807, 2.05) is 6.92 Å². The Labute approximate surface area is 116 Å². The first kappa shape index (κ1) is 14.6. The molecule has 0 saturated carbocycles. The number of hydrogen-bond acceptors (Lipinski definition) is 1. The van der Waals surface area contributed by atoms with Crippen LogP contribution in [-0.2, 0) is 6.54 Å². The normalized spacial score (nSPS) is 10.8. The molecule has 0 radical (unpaired) electrons. The van der Waals surface area contributed by atoms with Crippen LogP contribution in [0.4, 0.5) is 13.2 Å². The maximum atomic E-state index is 13.8. The molecular formula is C16H16F3N. The Morgan fingerprint density at radius 2 is 1.55 bits per heavy atom. The molecule has 0 aliphatic heterocycles. The molecule has 0 saturated heterocycles. The molecule has 4 heteroatoms. The second-order valence-corrected chi connectivity index (χ2v) is 4.62. The lowest BCUT2D eigenvalue weighted by Gasteiger charge is -2.09. The number of hydrogen-bond donors (Lipinski definition) is 1. The molecule has 0 unspecified atom stereocenters. The van der Waals surface area contributed by atoms with E-state index in [0.717, 1.165) is 36.7 Å². The van der Waals surface area contributed by atoms with Crippen LogP contribution in [0.1, 0.15) is 18.9 Å². The lowest BCUT2D eigenvalue weighted by Crippen LogP contribution is -2.13. The van der Waals surface area contributed by atoms with E-state index in [1.54, 1.807) is 12.1 Å². The third-order valence-electron chi connectivity index (χ3n) is 3.01. The molecule has 1 N–H and O–H groups in total. The molecule has 0 aromatic heterocycles. The van der Waals surface area contributed by atoms with Crippen LogP contribution in [0.25, 0.3) is 11.1 Å². The molecule has 1 nitrogen and oxygen atoms in total. The SMILES string of the molecule is CCCNCc1ccc(F)c(-c2cc(F)ccc2F)c1. The third kappa shape index (κ3) is 3.39. The Balaban J connectivity index is 2.35. The Hall–Kier alpha value is -1.81. The molecule has 0 spiro atoms. The van der Waals surface area contributed by atoms with Crippen LogP contribution in [0, 0.1) is 17.5 Å². The van der Waals surface area contributed by atoms with Crippen molar-refractivity contribution < 1.29 is 13.2 Å². The van der Waals surface area contributed by atoms with Gasteiger partial charge in [0, 0.05) is 17.7 Å². The number of halogens is 3.